The number of carbonyl (C=O) groups is 4. The summed E-state index contributed by atoms with van der Waals surface area (Å²) in [7, 11) is 0. The van der Waals surface area contributed by atoms with E-state index in [0.717, 1.165) is 24.1 Å². The Hall–Kier alpha value is -4.33. The maximum atomic E-state index is 14.2. The van der Waals surface area contributed by atoms with E-state index in [9.17, 15) is 19.2 Å². The van der Waals surface area contributed by atoms with Gasteiger partial charge in [0.25, 0.3) is 5.91 Å². The van der Waals surface area contributed by atoms with Crippen LogP contribution in [0.25, 0.3) is 10.1 Å². The zero-order valence-electron chi connectivity index (χ0n) is 25.5. The zero-order chi connectivity index (χ0) is 32.6. The van der Waals surface area contributed by atoms with Crippen LogP contribution in [0.2, 0.25) is 0 Å². The highest BCUT2D eigenvalue weighted by Crippen LogP contribution is 2.49. The van der Waals surface area contributed by atoms with Crippen LogP contribution in [-0.4, -0.2) is 47.4 Å². The molecule has 3 amide bonds. The topological polar surface area (TPSA) is 219 Å². The van der Waals surface area contributed by atoms with E-state index in [1.54, 1.807) is 18.3 Å². The summed E-state index contributed by atoms with van der Waals surface area (Å²) in [4.78, 5) is 56.0. The summed E-state index contributed by atoms with van der Waals surface area (Å²) >= 11 is 1.18. The van der Waals surface area contributed by atoms with Crippen LogP contribution in [0.4, 0.5) is 10.5 Å². The molecule has 0 spiro atoms. The van der Waals surface area contributed by atoms with E-state index < -0.39 is 35.3 Å². The summed E-state index contributed by atoms with van der Waals surface area (Å²) in [6.07, 6.45) is 6.25. The van der Waals surface area contributed by atoms with Crippen LogP contribution >= 0.6 is 11.3 Å². The van der Waals surface area contributed by atoms with Crippen LogP contribution in [-0.2, 0) is 26.3 Å². The molecular weight excluding hydrogens is 594 g/mol. The van der Waals surface area contributed by atoms with Gasteiger partial charge in [-0.2, -0.15) is 0 Å². The summed E-state index contributed by atoms with van der Waals surface area (Å²) in [5.74, 6) is -0.821. The number of amides is 3. The molecule has 2 aliphatic rings. The number of thiophene rings is 1. The van der Waals surface area contributed by atoms with Crippen LogP contribution in [0, 0.1) is 12.8 Å². The number of carbonyl (C=O) groups excluding carboxylic acids is 4. The fourth-order valence-electron chi connectivity index (χ4n) is 6.44. The number of hydrogen-bond donors (Lipinski definition) is 6. The predicted octanol–water partition coefficient (Wildman–Crippen LogP) is 2.59. The Morgan fingerprint density at radius 2 is 1.89 bits per heavy atom. The molecule has 5 rings (SSSR count). The average molecular weight is 634 g/mol. The van der Waals surface area contributed by atoms with Crippen molar-refractivity contribution in [1.29, 1.82) is 0 Å². The third kappa shape index (κ3) is 6.02. The lowest BCUT2D eigenvalue weighted by atomic mass is 9.70. The third-order valence-electron chi connectivity index (χ3n) is 8.48. The van der Waals surface area contributed by atoms with E-state index in [4.69, 9.17) is 22.9 Å². The molecule has 0 saturated heterocycles. The molecule has 0 radical (unpaired) electrons. The second kappa shape index (κ2) is 12.6. The smallest absolute Gasteiger partial charge is 0.404 e. The highest BCUT2D eigenvalue weighted by molar-refractivity contribution is 7.21. The number of rotatable bonds is 9. The number of nitrogens with one attached hydrogen (secondary N) is 2. The van der Waals surface area contributed by atoms with Gasteiger partial charge in [-0.25, -0.2) is 4.79 Å². The monoisotopic (exact) mass is 633 g/mol. The number of Topliss-reactive ketones (excluding diaryl/α,β-unsaturated/α-hetero) is 1. The van der Waals surface area contributed by atoms with Crippen molar-refractivity contribution in [2.75, 3.05) is 12.3 Å². The lowest BCUT2D eigenvalue weighted by molar-refractivity contribution is -0.124. The quantitative estimate of drug-likeness (QED) is 0.150. The highest BCUT2D eigenvalue weighted by Gasteiger charge is 2.49. The normalized spacial score (nSPS) is 22.7. The SMILES string of the molecule is Cc1cc(CC(C)C)ncc1C1(N)C(=O)C(N)c2c(C(=O)N[C@@H]3CCC[C@@H]3NC(=O)/C=C/COC(N)=O)sc3c(N)ccc1c23. The molecule has 238 valence electrons. The Kier molecular flexibility index (Phi) is 8.97. The van der Waals surface area contributed by atoms with Gasteiger partial charge in [0.2, 0.25) is 5.91 Å². The molecule has 45 heavy (non-hydrogen) atoms. The molecule has 12 nitrogen and oxygen atoms in total. The van der Waals surface area contributed by atoms with Crippen molar-refractivity contribution in [3.05, 3.63) is 69.4 Å². The molecule has 2 aromatic heterocycles. The number of ketones is 1. The number of anilines is 1. The molecule has 2 aliphatic carbocycles. The predicted molar refractivity (Wildman–Crippen MR) is 172 cm³/mol. The molecule has 1 saturated carbocycles. The first-order valence-electron chi connectivity index (χ1n) is 14.9. The first kappa shape index (κ1) is 32.1. The minimum absolute atomic E-state index is 0.129. The Morgan fingerprint density at radius 1 is 1.18 bits per heavy atom. The summed E-state index contributed by atoms with van der Waals surface area (Å²) in [5.41, 5.74) is 27.1. The number of aromatic nitrogens is 1. The van der Waals surface area contributed by atoms with Gasteiger partial charge in [-0.3, -0.25) is 19.4 Å². The minimum atomic E-state index is -1.59. The van der Waals surface area contributed by atoms with E-state index in [0.29, 0.717) is 51.2 Å². The number of aryl methyl sites for hydroxylation is 1. The van der Waals surface area contributed by atoms with E-state index in [2.05, 4.69) is 34.2 Å². The van der Waals surface area contributed by atoms with Crippen LogP contribution in [0.15, 0.2) is 36.5 Å². The van der Waals surface area contributed by atoms with Gasteiger partial charge in [-0.15, -0.1) is 11.3 Å². The van der Waals surface area contributed by atoms with Gasteiger partial charge in [-0.1, -0.05) is 19.9 Å². The molecule has 1 fully saturated rings. The summed E-state index contributed by atoms with van der Waals surface area (Å²) in [5, 5.41) is 6.56. The van der Waals surface area contributed by atoms with Crippen LogP contribution in [0.5, 0.6) is 0 Å². The van der Waals surface area contributed by atoms with Crippen LogP contribution < -0.4 is 33.6 Å². The van der Waals surface area contributed by atoms with Crippen molar-refractivity contribution in [2.45, 2.75) is 70.1 Å². The van der Waals surface area contributed by atoms with Gasteiger partial charge >= 0.3 is 6.09 Å². The second-order valence-electron chi connectivity index (χ2n) is 12.1. The summed E-state index contributed by atoms with van der Waals surface area (Å²) < 4.78 is 5.22. The molecule has 1 aromatic carbocycles. The maximum absolute atomic E-state index is 14.2. The van der Waals surface area contributed by atoms with Crippen molar-refractivity contribution >= 4 is 50.8 Å². The second-order valence-corrected chi connectivity index (χ2v) is 13.2. The molecule has 0 bridgehead atoms. The number of primary amides is 1. The number of ether oxygens (including phenoxy) is 1. The molecule has 4 atom stereocenters. The third-order valence-corrected chi connectivity index (χ3v) is 9.73. The molecule has 10 N–H and O–H groups in total. The fourth-order valence-corrected chi connectivity index (χ4v) is 7.64. The van der Waals surface area contributed by atoms with Crippen LogP contribution in [0.3, 0.4) is 0 Å². The maximum Gasteiger partial charge on any atom is 0.404 e. The Bertz CT molecular complexity index is 1720. The molecule has 3 aromatic rings. The number of pyridine rings is 1. The zero-order valence-corrected chi connectivity index (χ0v) is 26.3. The van der Waals surface area contributed by atoms with Gasteiger partial charge in [0.05, 0.1) is 15.6 Å². The number of nitrogen functional groups attached to an aromatic ring is 1. The minimum Gasteiger partial charge on any atom is -0.445 e. The molecular formula is C32H39N7O5S. The van der Waals surface area contributed by atoms with Gasteiger partial charge < -0.3 is 38.3 Å². The molecule has 2 unspecified atom stereocenters. The molecule has 0 aliphatic heterocycles. The van der Waals surface area contributed by atoms with E-state index in [1.165, 1.54) is 23.5 Å². The summed E-state index contributed by atoms with van der Waals surface area (Å²) in [6.45, 7) is 6.01. The van der Waals surface area contributed by atoms with Crippen molar-refractivity contribution in [2.24, 2.45) is 23.1 Å². The Morgan fingerprint density at radius 3 is 2.56 bits per heavy atom. The van der Waals surface area contributed by atoms with E-state index in [1.807, 2.05) is 13.0 Å². The molecule has 2 heterocycles. The lowest BCUT2D eigenvalue weighted by Crippen LogP contribution is -2.53. The molecule has 13 heteroatoms. The number of hydrogen-bond acceptors (Lipinski definition) is 10. The highest BCUT2D eigenvalue weighted by atomic mass is 32.1. The fraction of sp³-hybridized carbons (Fsp3) is 0.406. The lowest BCUT2D eigenvalue weighted by Gasteiger charge is -2.37. The van der Waals surface area contributed by atoms with Crippen molar-refractivity contribution in [3.63, 3.8) is 0 Å². The van der Waals surface area contributed by atoms with Gasteiger partial charge in [-0.05, 0) is 67.9 Å². The standard InChI is InChI=1S/C32H39N7O5S/c1-15(2)12-17-13-16(3)19(14-37-17)32(36)18-9-10-20(33)27-24(18)25(26(34)29(32)41)28(45-27)30(42)39-22-7-4-6-21(22)38-23(40)8-5-11-44-31(35)43/h5,8-10,13-15,21-22,26H,4,6-7,11-12,33-34,36H2,1-3H3,(H2,35,43)(H,38,40)(H,39,42)/b8-5+/t21-,22+,26?,32?/m0/s1. The van der Waals surface area contributed by atoms with Gasteiger partial charge in [0.15, 0.2) is 5.78 Å². The van der Waals surface area contributed by atoms with Crippen molar-refractivity contribution in [3.8, 4) is 0 Å². The van der Waals surface area contributed by atoms with Crippen LogP contribution in [0.1, 0.15) is 76.8 Å². The number of benzene rings is 1. The largest absolute Gasteiger partial charge is 0.445 e. The Labute approximate surface area is 264 Å². The average Bonchev–Trinajstić information content (AvgIpc) is 3.58. The van der Waals surface area contributed by atoms with E-state index in [-0.39, 0.29) is 23.6 Å². The van der Waals surface area contributed by atoms with Crippen molar-refractivity contribution in [1.82, 2.24) is 15.6 Å². The van der Waals surface area contributed by atoms with Gasteiger partial charge in [0, 0.05) is 52.3 Å². The van der Waals surface area contributed by atoms with E-state index >= 15 is 0 Å². The van der Waals surface area contributed by atoms with Crippen molar-refractivity contribution < 1.29 is 23.9 Å². The first-order valence-corrected chi connectivity index (χ1v) is 15.7. The Balaban J connectivity index is 1.46. The summed E-state index contributed by atoms with van der Waals surface area (Å²) in [6, 6.07) is 3.54. The number of nitrogens with two attached hydrogens (primary N) is 4. The number of nitrogens with zero attached hydrogens (tertiary/aromatic N) is 1. The first-order chi connectivity index (χ1) is 21.3. The van der Waals surface area contributed by atoms with Gasteiger partial charge in [0.1, 0.15) is 12.1 Å².